The summed E-state index contributed by atoms with van der Waals surface area (Å²) in [4.78, 5) is 12.2. The minimum absolute atomic E-state index is 0.152. The van der Waals surface area contributed by atoms with E-state index in [0.717, 1.165) is 17.5 Å². The van der Waals surface area contributed by atoms with Gasteiger partial charge < -0.3 is 15.4 Å². The Morgan fingerprint density at radius 1 is 1.53 bits per heavy atom. The van der Waals surface area contributed by atoms with Crippen molar-refractivity contribution in [1.82, 2.24) is 9.62 Å². The highest BCUT2D eigenvalue weighted by Gasteiger charge is 2.14. The molecule has 0 aromatic heterocycles. The minimum atomic E-state index is -0.680. The topological polar surface area (TPSA) is 91.4 Å². The number of nitrogens with two attached hydrogens (primary N) is 1. The summed E-state index contributed by atoms with van der Waals surface area (Å²) in [6, 6.07) is 9.11. The molecule has 0 saturated heterocycles. The first-order chi connectivity index (χ1) is 9.00. The number of nitrogens with zero attached hydrogens (tertiary/aromatic N) is 1. The molecular formula is C12H18N4O2S. The third-order valence-corrected chi connectivity index (χ3v) is 3.23. The van der Waals surface area contributed by atoms with Gasteiger partial charge in [0.25, 0.3) is 0 Å². The molecule has 19 heavy (non-hydrogen) atoms. The molecule has 0 radical (unpaired) electrons. The van der Waals surface area contributed by atoms with Gasteiger partial charge in [-0.3, -0.25) is 10.1 Å². The highest BCUT2D eigenvalue weighted by atomic mass is 32.2. The van der Waals surface area contributed by atoms with E-state index in [9.17, 15) is 4.79 Å². The molecule has 0 heterocycles. The summed E-state index contributed by atoms with van der Waals surface area (Å²) in [5.41, 5.74) is 6.00. The summed E-state index contributed by atoms with van der Waals surface area (Å²) in [7, 11) is 1.72. The summed E-state index contributed by atoms with van der Waals surface area (Å²) in [5.74, 6) is 0. The van der Waals surface area contributed by atoms with Gasteiger partial charge in [-0.15, -0.1) is 0 Å². The molecule has 1 rings (SSSR count). The van der Waals surface area contributed by atoms with Crippen LogP contribution in [-0.2, 0) is 11.3 Å². The Bertz CT molecular complexity index is 427. The van der Waals surface area contributed by atoms with E-state index in [1.54, 1.807) is 11.9 Å². The van der Waals surface area contributed by atoms with Crippen LogP contribution in [0.4, 0.5) is 4.79 Å². The van der Waals surface area contributed by atoms with Crippen LogP contribution in [0.5, 0.6) is 0 Å². The number of amidine groups is 1. The average Bonchev–Trinajstić information content (AvgIpc) is 2.42. The Morgan fingerprint density at radius 3 is 2.74 bits per heavy atom. The molecule has 0 bridgehead atoms. The van der Waals surface area contributed by atoms with Gasteiger partial charge in [0.15, 0.2) is 5.17 Å². The first-order valence-electron chi connectivity index (χ1n) is 5.70. The molecule has 1 aromatic carbocycles. The van der Waals surface area contributed by atoms with Crippen molar-refractivity contribution in [3.63, 3.8) is 0 Å². The zero-order chi connectivity index (χ0) is 14.3. The molecule has 7 heteroatoms. The normalized spacial score (nSPS) is 11.7. The molecule has 2 amide bonds. The molecule has 6 nitrogen and oxygen atoms in total. The average molecular weight is 282 g/mol. The van der Waals surface area contributed by atoms with Gasteiger partial charge in [0.05, 0.1) is 6.61 Å². The Morgan fingerprint density at radius 2 is 2.16 bits per heavy atom. The SMILES string of the molecule is CC(OCc1ccccc1)N(C)C(=N)SNC(N)=O. The van der Waals surface area contributed by atoms with Crippen molar-refractivity contribution < 1.29 is 9.53 Å². The van der Waals surface area contributed by atoms with Crippen molar-refractivity contribution in [2.24, 2.45) is 5.73 Å². The molecule has 0 fully saturated rings. The zero-order valence-corrected chi connectivity index (χ0v) is 11.7. The maximum Gasteiger partial charge on any atom is 0.322 e. The summed E-state index contributed by atoms with van der Waals surface area (Å²) < 4.78 is 7.93. The number of hydrogen-bond acceptors (Lipinski definition) is 4. The number of carbonyl (C=O) groups excluding carboxylic acids is 1. The van der Waals surface area contributed by atoms with E-state index in [-0.39, 0.29) is 11.4 Å². The van der Waals surface area contributed by atoms with Gasteiger partial charge in [0.1, 0.15) is 6.23 Å². The molecule has 1 unspecified atom stereocenters. The molecule has 0 aliphatic heterocycles. The number of amides is 2. The van der Waals surface area contributed by atoms with Gasteiger partial charge in [-0.2, -0.15) is 0 Å². The van der Waals surface area contributed by atoms with E-state index in [1.165, 1.54) is 0 Å². The van der Waals surface area contributed by atoms with Crippen LogP contribution in [-0.4, -0.2) is 29.4 Å². The molecule has 4 N–H and O–H groups in total. The second-order valence-corrected chi connectivity index (χ2v) is 4.68. The maximum absolute atomic E-state index is 10.6. The maximum atomic E-state index is 10.6. The van der Waals surface area contributed by atoms with Crippen LogP contribution in [0.3, 0.4) is 0 Å². The van der Waals surface area contributed by atoms with E-state index >= 15 is 0 Å². The second-order valence-electron chi connectivity index (χ2n) is 3.88. The number of benzene rings is 1. The van der Waals surface area contributed by atoms with Crippen molar-refractivity contribution in [3.8, 4) is 0 Å². The molecule has 0 saturated carbocycles. The fourth-order valence-corrected chi connectivity index (χ4v) is 1.73. The first-order valence-corrected chi connectivity index (χ1v) is 6.51. The standard InChI is InChI=1S/C12H18N4O2S/c1-9(16(2)12(14)19-15-11(13)17)18-8-10-6-4-3-5-7-10/h3-7,9,14H,8H2,1-2H3,(H3,13,15,17). The summed E-state index contributed by atoms with van der Waals surface area (Å²) in [6.07, 6.45) is -0.283. The van der Waals surface area contributed by atoms with Crippen LogP contribution in [0.1, 0.15) is 12.5 Å². The highest BCUT2D eigenvalue weighted by Crippen LogP contribution is 2.09. The number of carbonyl (C=O) groups is 1. The van der Waals surface area contributed by atoms with Crippen LogP contribution in [0, 0.1) is 5.41 Å². The van der Waals surface area contributed by atoms with E-state index in [0.29, 0.717) is 6.61 Å². The smallest absolute Gasteiger partial charge is 0.322 e. The number of rotatable bonds is 4. The molecule has 0 aliphatic rings. The van der Waals surface area contributed by atoms with Crippen LogP contribution in [0.15, 0.2) is 30.3 Å². The Balaban J connectivity index is 2.37. The van der Waals surface area contributed by atoms with Crippen LogP contribution < -0.4 is 10.5 Å². The lowest BCUT2D eigenvalue weighted by Gasteiger charge is -2.26. The van der Waals surface area contributed by atoms with Crippen molar-refractivity contribution in [3.05, 3.63) is 35.9 Å². The second kappa shape index (κ2) is 7.65. The number of urea groups is 1. The Hall–Kier alpha value is -1.73. The van der Waals surface area contributed by atoms with E-state index in [2.05, 4.69) is 4.72 Å². The number of hydrogen-bond donors (Lipinski definition) is 3. The minimum Gasteiger partial charge on any atom is -0.354 e. The molecule has 0 spiro atoms. The van der Waals surface area contributed by atoms with E-state index in [4.69, 9.17) is 15.9 Å². The van der Waals surface area contributed by atoms with E-state index < -0.39 is 6.03 Å². The number of nitrogens with one attached hydrogen (secondary N) is 2. The molecule has 104 valence electrons. The lowest BCUT2D eigenvalue weighted by molar-refractivity contribution is -0.0129. The summed E-state index contributed by atoms with van der Waals surface area (Å²) >= 11 is 0.847. The summed E-state index contributed by atoms with van der Waals surface area (Å²) in [5, 5.41) is 7.89. The first kappa shape index (κ1) is 15.3. The Kier molecular flexibility index (Phi) is 6.17. The predicted octanol–water partition coefficient (Wildman–Crippen LogP) is 1.73. The summed E-state index contributed by atoms with van der Waals surface area (Å²) in [6.45, 7) is 2.30. The van der Waals surface area contributed by atoms with Crippen molar-refractivity contribution in [2.75, 3.05) is 7.05 Å². The third kappa shape index (κ3) is 5.62. The molecular weight excluding hydrogens is 264 g/mol. The molecule has 1 atom stereocenters. The van der Waals surface area contributed by atoms with Gasteiger partial charge in [0.2, 0.25) is 0 Å². The largest absolute Gasteiger partial charge is 0.354 e. The van der Waals surface area contributed by atoms with Gasteiger partial charge in [-0.25, -0.2) is 4.79 Å². The van der Waals surface area contributed by atoms with Crippen molar-refractivity contribution in [2.45, 2.75) is 19.8 Å². The third-order valence-electron chi connectivity index (χ3n) is 2.45. The number of ether oxygens (including phenoxy) is 1. The zero-order valence-electron chi connectivity index (χ0n) is 10.9. The fourth-order valence-electron chi connectivity index (χ4n) is 1.24. The Labute approximate surface area is 116 Å². The predicted molar refractivity (Wildman–Crippen MR) is 76.5 cm³/mol. The van der Waals surface area contributed by atoms with Crippen molar-refractivity contribution >= 4 is 23.1 Å². The lowest BCUT2D eigenvalue weighted by Crippen LogP contribution is -2.37. The fraction of sp³-hybridized carbons (Fsp3) is 0.333. The number of primary amides is 1. The van der Waals surface area contributed by atoms with Crippen LogP contribution in [0.2, 0.25) is 0 Å². The highest BCUT2D eigenvalue weighted by molar-refractivity contribution is 8.12. The van der Waals surface area contributed by atoms with Gasteiger partial charge in [-0.05, 0) is 12.5 Å². The van der Waals surface area contributed by atoms with Crippen LogP contribution >= 0.6 is 11.9 Å². The van der Waals surface area contributed by atoms with Gasteiger partial charge in [0, 0.05) is 19.0 Å². The lowest BCUT2D eigenvalue weighted by atomic mass is 10.2. The quantitative estimate of drug-likeness (QED) is 0.339. The van der Waals surface area contributed by atoms with Crippen LogP contribution in [0.25, 0.3) is 0 Å². The monoisotopic (exact) mass is 282 g/mol. The molecule has 1 aromatic rings. The van der Waals surface area contributed by atoms with Gasteiger partial charge in [-0.1, -0.05) is 30.3 Å². The van der Waals surface area contributed by atoms with Crippen molar-refractivity contribution in [1.29, 1.82) is 5.41 Å². The van der Waals surface area contributed by atoms with Gasteiger partial charge >= 0.3 is 6.03 Å². The molecule has 0 aliphatic carbocycles. The van der Waals surface area contributed by atoms with E-state index in [1.807, 2.05) is 37.3 Å².